The van der Waals surface area contributed by atoms with Gasteiger partial charge < -0.3 is 0 Å². The Hall–Kier alpha value is -0.600. The number of halogens is 1. The molecular weight excluding hydrogens is 252 g/mol. The van der Waals surface area contributed by atoms with Crippen LogP contribution in [0.1, 0.15) is 31.2 Å². The second kappa shape index (κ2) is 5.83. The number of allylic oxidation sites excluding steroid dienone is 2. The third kappa shape index (κ3) is 2.99. The van der Waals surface area contributed by atoms with E-state index < -0.39 is 10.8 Å². The van der Waals surface area contributed by atoms with Crippen LogP contribution in [0.4, 0.5) is 0 Å². The maximum Gasteiger partial charge on any atom is 0.0808 e. The lowest BCUT2D eigenvalue weighted by molar-refractivity contribution is 0.666. The van der Waals surface area contributed by atoms with Crippen LogP contribution in [0.3, 0.4) is 0 Å². The largest absolute Gasteiger partial charge is 0.249 e. The first kappa shape index (κ1) is 12.8. The standard InChI is InChI=1S/C14H17ClOS/c1-11-6-8-13(9-7-11)17(16)14-5-3-2-4-12(14)10-15/h6-9H,2-5,10H2,1H3. The minimum absolute atomic E-state index is 0.521. The fourth-order valence-electron chi connectivity index (χ4n) is 2.11. The van der Waals surface area contributed by atoms with E-state index in [9.17, 15) is 4.21 Å². The third-order valence-electron chi connectivity index (χ3n) is 3.15. The normalized spacial score (nSPS) is 18.2. The van der Waals surface area contributed by atoms with Gasteiger partial charge in [-0.05, 0) is 50.3 Å². The van der Waals surface area contributed by atoms with Gasteiger partial charge in [0.1, 0.15) is 0 Å². The summed E-state index contributed by atoms with van der Waals surface area (Å²) < 4.78 is 12.5. The van der Waals surface area contributed by atoms with Gasteiger partial charge in [0.15, 0.2) is 0 Å². The van der Waals surface area contributed by atoms with Crippen LogP contribution in [0.25, 0.3) is 0 Å². The first-order valence-corrected chi connectivity index (χ1v) is 7.66. The van der Waals surface area contributed by atoms with Gasteiger partial charge in [-0.3, -0.25) is 0 Å². The summed E-state index contributed by atoms with van der Waals surface area (Å²) in [6.07, 6.45) is 4.25. The van der Waals surface area contributed by atoms with Crippen molar-refractivity contribution in [1.29, 1.82) is 0 Å². The number of hydrogen-bond acceptors (Lipinski definition) is 1. The van der Waals surface area contributed by atoms with E-state index in [1.165, 1.54) is 17.6 Å². The maximum absolute atomic E-state index is 12.5. The molecule has 17 heavy (non-hydrogen) atoms. The molecule has 1 unspecified atom stereocenters. The van der Waals surface area contributed by atoms with Gasteiger partial charge in [0.25, 0.3) is 0 Å². The van der Waals surface area contributed by atoms with Crippen molar-refractivity contribution in [1.82, 2.24) is 0 Å². The van der Waals surface area contributed by atoms with Crippen LogP contribution in [-0.2, 0) is 10.8 Å². The first-order chi connectivity index (χ1) is 8.22. The second-order valence-electron chi connectivity index (χ2n) is 4.45. The smallest absolute Gasteiger partial charge is 0.0808 e. The van der Waals surface area contributed by atoms with Gasteiger partial charge in [-0.25, -0.2) is 4.21 Å². The summed E-state index contributed by atoms with van der Waals surface area (Å²) in [7, 11) is -1.01. The fourth-order valence-corrected chi connectivity index (χ4v) is 3.92. The Labute approximate surface area is 110 Å². The topological polar surface area (TPSA) is 17.1 Å². The molecule has 1 aliphatic rings. The maximum atomic E-state index is 12.5. The second-order valence-corrected chi connectivity index (χ2v) is 6.22. The van der Waals surface area contributed by atoms with Crippen LogP contribution >= 0.6 is 11.6 Å². The van der Waals surface area contributed by atoms with E-state index in [0.29, 0.717) is 5.88 Å². The fraction of sp³-hybridized carbons (Fsp3) is 0.429. The molecule has 0 amide bonds. The molecule has 2 rings (SSSR count). The summed E-state index contributed by atoms with van der Waals surface area (Å²) >= 11 is 5.94. The van der Waals surface area contributed by atoms with E-state index >= 15 is 0 Å². The Morgan fingerprint density at radius 3 is 2.47 bits per heavy atom. The van der Waals surface area contributed by atoms with Crippen LogP contribution in [0.15, 0.2) is 39.6 Å². The highest BCUT2D eigenvalue weighted by Crippen LogP contribution is 2.30. The van der Waals surface area contributed by atoms with Gasteiger partial charge in [-0.15, -0.1) is 11.6 Å². The number of benzene rings is 1. The average Bonchev–Trinajstić information content (AvgIpc) is 2.39. The van der Waals surface area contributed by atoms with Crippen LogP contribution in [0, 0.1) is 6.92 Å². The molecule has 0 saturated heterocycles. The van der Waals surface area contributed by atoms with Crippen molar-refractivity contribution in [3.63, 3.8) is 0 Å². The Kier molecular flexibility index (Phi) is 4.41. The average molecular weight is 269 g/mol. The molecule has 0 spiro atoms. The molecule has 1 aromatic carbocycles. The SMILES string of the molecule is Cc1ccc(S(=O)C2=C(CCl)CCCC2)cc1. The predicted octanol–water partition coefficient (Wildman–Crippen LogP) is 4.17. The Morgan fingerprint density at radius 2 is 1.82 bits per heavy atom. The molecule has 0 fully saturated rings. The van der Waals surface area contributed by atoms with Gasteiger partial charge in [-0.1, -0.05) is 17.7 Å². The molecule has 0 radical (unpaired) electrons. The molecular formula is C14H17ClOS. The summed E-state index contributed by atoms with van der Waals surface area (Å²) in [6.45, 7) is 2.04. The van der Waals surface area contributed by atoms with E-state index in [0.717, 1.165) is 29.1 Å². The Bertz CT molecular complexity index is 448. The van der Waals surface area contributed by atoms with E-state index in [-0.39, 0.29) is 0 Å². The van der Waals surface area contributed by atoms with Crippen LogP contribution in [0.2, 0.25) is 0 Å². The molecule has 0 saturated carbocycles. The highest BCUT2D eigenvalue weighted by Gasteiger charge is 2.18. The molecule has 3 heteroatoms. The van der Waals surface area contributed by atoms with Crippen molar-refractivity contribution >= 4 is 22.4 Å². The van der Waals surface area contributed by atoms with Gasteiger partial charge in [0.05, 0.1) is 10.8 Å². The Balaban J connectivity index is 2.30. The van der Waals surface area contributed by atoms with Crippen molar-refractivity contribution in [3.8, 4) is 0 Å². The van der Waals surface area contributed by atoms with E-state index in [1.807, 2.05) is 31.2 Å². The molecule has 0 aliphatic heterocycles. The van der Waals surface area contributed by atoms with Gasteiger partial charge in [0.2, 0.25) is 0 Å². The van der Waals surface area contributed by atoms with Crippen molar-refractivity contribution in [2.45, 2.75) is 37.5 Å². The first-order valence-electron chi connectivity index (χ1n) is 5.97. The summed E-state index contributed by atoms with van der Waals surface area (Å²) in [6, 6.07) is 7.94. The molecule has 0 aromatic heterocycles. The molecule has 0 bridgehead atoms. The van der Waals surface area contributed by atoms with Gasteiger partial charge in [0, 0.05) is 15.7 Å². The quantitative estimate of drug-likeness (QED) is 0.752. The van der Waals surface area contributed by atoms with Crippen LogP contribution in [-0.4, -0.2) is 10.1 Å². The lowest BCUT2D eigenvalue weighted by Gasteiger charge is -2.18. The van der Waals surface area contributed by atoms with Gasteiger partial charge in [-0.2, -0.15) is 0 Å². The number of hydrogen-bond donors (Lipinski definition) is 0. The van der Waals surface area contributed by atoms with Crippen molar-refractivity contribution in [2.24, 2.45) is 0 Å². The minimum Gasteiger partial charge on any atom is -0.249 e. The molecule has 1 atom stereocenters. The Morgan fingerprint density at radius 1 is 1.18 bits per heavy atom. The van der Waals surface area contributed by atoms with Crippen LogP contribution in [0.5, 0.6) is 0 Å². The summed E-state index contributed by atoms with van der Waals surface area (Å²) in [4.78, 5) is 1.96. The minimum atomic E-state index is -1.01. The highest BCUT2D eigenvalue weighted by atomic mass is 35.5. The zero-order chi connectivity index (χ0) is 12.3. The lowest BCUT2D eigenvalue weighted by Crippen LogP contribution is -2.07. The van der Waals surface area contributed by atoms with E-state index in [4.69, 9.17) is 11.6 Å². The molecule has 0 heterocycles. The molecule has 92 valence electrons. The van der Waals surface area contributed by atoms with Crippen molar-refractivity contribution in [3.05, 3.63) is 40.3 Å². The van der Waals surface area contributed by atoms with Crippen LogP contribution < -0.4 is 0 Å². The monoisotopic (exact) mass is 268 g/mol. The molecule has 0 N–H and O–H groups in total. The summed E-state index contributed by atoms with van der Waals surface area (Å²) in [5.41, 5.74) is 2.39. The van der Waals surface area contributed by atoms with E-state index in [1.54, 1.807) is 0 Å². The molecule has 1 aromatic rings. The zero-order valence-corrected chi connectivity index (χ0v) is 11.6. The third-order valence-corrected chi connectivity index (χ3v) is 5.11. The van der Waals surface area contributed by atoms with Crippen molar-refractivity contribution < 1.29 is 4.21 Å². The van der Waals surface area contributed by atoms with Crippen molar-refractivity contribution in [2.75, 3.05) is 5.88 Å². The number of rotatable bonds is 3. The zero-order valence-electron chi connectivity index (χ0n) is 10.0. The summed E-state index contributed by atoms with van der Waals surface area (Å²) in [5.74, 6) is 0.521. The number of alkyl halides is 1. The molecule has 1 aliphatic carbocycles. The summed E-state index contributed by atoms with van der Waals surface area (Å²) in [5, 5.41) is 0. The number of aryl methyl sites for hydroxylation is 1. The lowest BCUT2D eigenvalue weighted by atomic mass is 10.0. The van der Waals surface area contributed by atoms with E-state index in [2.05, 4.69) is 0 Å². The highest BCUT2D eigenvalue weighted by molar-refractivity contribution is 7.89. The molecule has 1 nitrogen and oxygen atoms in total. The predicted molar refractivity (Wildman–Crippen MR) is 73.8 cm³/mol. The van der Waals surface area contributed by atoms with Gasteiger partial charge >= 0.3 is 0 Å².